The Labute approximate surface area is 171 Å². The van der Waals surface area contributed by atoms with Gasteiger partial charge in [-0.3, -0.25) is 4.90 Å². The minimum atomic E-state index is 0.0463. The number of para-hydroxylation sites is 1. The molecule has 2 aromatic carbocycles. The van der Waals surface area contributed by atoms with Crippen LogP contribution >= 0.6 is 11.3 Å². The number of nitrogens with zero attached hydrogens (tertiary/aromatic N) is 1. The normalized spacial score (nSPS) is 12.2. The van der Waals surface area contributed by atoms with Gasteiger partial charge in [0, 0.05) is 30.0 Å². The molecule has 5 heteroatoms. The van der Waals surface area contributed by atoms with E-state index in [1.807, 2.05) is 31.3 Å². The number of hydrogen-bond acceptors (Lipinski definition) is 5. The van der Waals surface area contributed by atoms with Crippen LogP contribution in [-0.2, 0) is 13.1 Å². The molecule has 0 amide bonds. The number of nitrogens with one attached hydrogen (secondary N) is 1. The van der Waals surface area contributed by atoms with Gasteiger partial charge in [0.2, 0.25) is 0 Å². The summed E-state index contributed by atoms with van der Waals surface area (Å²) >= 11 is 1.74. The first-order valence-electron chi connectivity index (χ1n) is 9.54. The molecule has 1 unspecified atom stereocenters. The smallest absolute Gasteiger partial charge is 0.134 e. The SMILES string of the molecule is CNCCC(Oc1ccccc1CN(C)Cc1cccc(O)c1)c1cccs1. The van der Waals surface area contributed by atoms with E-state index in [0.29, 0.717) is 5.75 Å². The van der Waals surface area contributed by atoms with Gasteiger partial charge in [0.15, 0.2) is 0 Å². The molecule has 0 spiro atoms. The van der Waals surface area contributed by atoms with Gasteiger partial charge in [-0.15, -0.1) is 11.3 Å². The van der Waals surface area contributed by atoms with E-state index in [1.54, 1.807) is 17.4 Å². The Morgan fingerprint density at radius 3 is 2.68 bits per heavy atom. The third-order valence-corrected chi connectivity index (χ3v) is 5.53. The topological polar surface area (TPSA) is 44.7 Å². The van der Waals surface area contributed by atoms with Crippen LogP contribution in [0, 0.1) is 0 Å². The molecule has 28 heavy (non-hydrogen) atoms. The Morgan fingerprint density at radius 2 is 1.93 bits per heavy atom. The maximum Gasteiger partial charge on any atom is 0.134 e. The molecule has 4 nitrogen and oxygen atoms in total. The van der Waals surface area contributed by atoms with E-state index in [9.17, 15) is 5.11 Å². The van der Waals surface area contributed by atoms with Crippen LogP contribution in [-0.4, -0.2) is 30.6 Å². The molecule has 3 rings (SSSR count). The van der Waals surface area contributed by atoms with E-state index >= 15 is 0 Å². The molecule has 1 atom stereocenters. The number of aromatic hydroxyl groups is 1. The highest BCUT2D eigenvalue weighted by Crippen LogP contribution is 2.30. The van der Waals surface area contributed by atoms with Gasteiger partial charge in [-0.05, 0) is 55.8 Å². The van der Waals surface area contributed by atoms with Crippen molar-refractivity contribution in [2.24, 2.45) is 0 Å². The fourth-order valence-corrected chi connectivity index (χ4v) is 4.01. The number of rotatable bonds is 10. The van der Waals surface area contributed by atoms with E-state index in [1.165, 1.54) is 4.88 Å². The Bertz CT molecular complexity index is 851. The number of phenols is 1. The van der Waals surface area contributed by atoms with Crippen LogP contribution < -0.4 is 10.1 Å². The van der Waals surface area contributed by atoms with Crippen molar-refractivity contribution < 1.29 is 9.84 Å². The molecule has 3 aromatic rings. The average Bonchev–Trinajstić information content (AvgIpc) is 3.21. The molecule has 0 saturated heterocycles. The van der Waals surface area contributed by atoms with E-state index in [-0.39, 0.29) is 6.10 Å². The molecule has 0 radical (unpaired) electrons. The number of benzene rings is 2. The third kappa shape index (κ3) is 5.83. The zero-order valence-corrected chi connectivity index (χ0v) is 17.3. The average molecular weight is 397 g/mol. The van der Waals surface area contributed by atoms with E-state index in [2.05, 4.69) is 53.0 Å². The fourth-order valence-electron chi connectivity index (χ4n) is 3.23. The van der Waals surface area contributed by atoms with Crippen molar-refractivity contribution in [3.05, 3.63) is 82.0 Å². The largest absolute Gasteiger partial charge is 0.508 e. The van der Waals surface area contributed by atoms with Crippen LogP contribution in [0.5, 0.6) is 11.5 Å². The van der Waals surface area contributed by atoms with Gasteiger partial charge in [0.1, 0.15) is 17.6 Å². The number of thiophene rings is 1. The molecule has 0 aliphatic rings. The predicted molar refractivity (Wildman–Crippen MR) is 116 cm³/mol. The quantitative estimate of drug-likeness (QED) is 0.516. The maximum absolute atomic E-state index is 9.68. The molecular weight excluding hydrogens is 368 g/mol. The molecule has 1 heterocycles. The summed E-state index contributed by atoms with van der Waals surface area (Å²) < 4.78 is 6.47. The first kappa shape index (κ1) is 20.4. The molecule has 148 valence electrons. The first-order chi connectivity index (χ1) is 13.7. The van der Waals surface area contributed by atoms with Crippen molar-refractivity contribution in [3.8, 4) is 11.5 Å². The minimum absolute atomic E-state index is 0.0463. The molecule has 0 bridgehead atoms. The summed E-state index contributed by atoms with van der Waals surface area (Å²) in [5.41, 5.74) is 2.25. The molecule has 0 aliphatic carbocycles. The summed E-state index contributed by atoms with van der Waals surface area (Å²) in [6.45, 7) is 2.44. The fraction of sp³-hybridized carbons (Fsp3) is 0.304. The lowest BCUT2D eigenvalue weighted by molar-refractivity contribution is 0.193. The van der Waals surface area contributed by atoms with Crippen molar-refractivity contribution in [1.29, 1.82) is 0 Å². The molecule has 0 aliphatic heterocycles. The van der Waals surface area contributed by atoms with Crippen LogP contribution in [0.15, 0.2) is 66.0 Å². The highest BCUT2D eigenvalue weighted by Gasteiger charge is 2.16. The second-order valence-electron chi connectivity index (χ2n) is 6.96. The van der Waals surface area contributed by atoms with Crippen molar-refractivity contribution in [3.63, 3.8) is 0 Å². The third-order valence-electron chi connectivity index (χ3n) is 4.56. The molecule has 0 fully saturated rings. The number of hydrogen-bond donors (Lipinski definition) is 2. The summed E-state index contributed by atoms with van der Waals surface area (Å²) in [6, 6.07) is 19.9. The van der Waals surface area contributed by atoms with Gasteiger partial charge in [-0.25, -0.2) is 0 Å². The minimum Gasteiger partial charge on any atom is -0.508 e. The van der Waals surface area contributed by atoms with Crippen molar-refractivity contribution in [2.75, 3.05) is 20.6 Å². The van der Waals surface area contributed by atoms with Crippen molar-refractivity contribution in [1.82, 2.24) is 10.2 Å². The maximum atomic E-state index is 9.68. The van der Waals surface area contributed by atoms with Crippen LogP contribution in [0.4, 0.5) is 0 Å². The molecule has 2 N–H and O–H groups in total. The Balaban J connectivity index is 1.71. The Hall–Kier alpha value is -2.34. The monoisotopic (exact) mass is 396 g/mol. The van der Waals surface area contributed by atoms with E-state index < -0.39 is 0 Å². The lowest BCUT2D eigenvalue weighted by Crippen LogP contribution is -2.19. The standard InChI is InChI=1S/C23H28N2O2S/c1-24-13-12-22(23-11-6-14-28-23)27-21-10-4-3-8-19(21)17-25(2)16-18-7-5-9-20(26)15-18/h3-11,14-15,22,24,26H,12-13,16-17H2,1-2H3. The van der Waals surface area contributed by atoms with Crippen LogP contribution in [0.25, 0.3) is 0 Å². The molecule has 1 aromatic heterocycles. The number of ether oxygens (including phenoxy) is 1. The summed E-state index contributed by atoms with van der Waals surface area (Å²) in [6.07, 6.45) is 0.967. The highest BCUT2D eigenvalue weighted by molar-refractivity contribution is 7.10. The first-order valence-corrected chi connectivity index (χ1v) is 10.4. The van der Waals surface area contributed by atoms with Gasteiger partial charge < -0.3 is 15.2 Å². The summed E-state index contributed by atoms with van der Waals surface area (Å²) in [7, 11) is 4.05. The highest BCUT2D eigenvalue weighted by atomic mass is 32.1. The van der Waals surface area contributed by atoms with Gasteiger partial charge >= 0.3 is 0 Å². The lowest BCUT2D eigenvalue weighted by Gasteiger charge is -2.23. The van der Waals surface area contributed by atoms with Crippen molar-refractivity contribution >= 4 is 11.3 Å². The summed E-state index contributed by atoms with van der Waals surface area (Å²) in [5.74, 6) is 1.23. The summed E-state index contributed by atoms with van der Waals surface area (Å²) in [5, 5.41) is 15.0. The van der Waals surface area contributed by atoms with Gasteiger partial charge in [0.25, 0.3) is 0 Å². The van der Waals surface area contributed by atoms with E-state index in [0.717, 1.165) is 42.9 Å². The second-order valence-corrected chi connectivity index (χ2v) is 7.94. The van der Waals surface area contributed by atoms with Crippen LogP contribution in [0.2, 0.25) is 0 Å². The Kier molecular flexibility index (Phi) is 7.48. The predicted octanol–water partition coefficient (Wildman–Crippen LogP) is 4.82. The number of phenolic OH excluding ortho intramolecular Hbond substituents is 1. The van der Waals surface area contributed by atoms with Gasteiger partial charge in [-0.2, -0.15) is 0 Å². The van der Waals surface area contributed by atoms with Gasteiger partial charge in [0.05, 0.1) is 0 Å². The lowest BCUT2D eigenvalue weighted by atomic mass is 10.1. The van der Waals surface area contributed by atoms with Crippen molar-refractivity contribution in [2.45, 2.75) is 25.6 Å². The van der Waals surface area contributed by atoms with Crippen LogP contribution in [0.1, 0.15) is 28.5 Å². The van der Waals surface area contributed by atoms with E-state index in [4.69, 9.17) is 4.74 Å². The van der Waals surface area contributed by atoms with Crippen LogP contribution in [0.3, 0.4) is 0 Å². The Morgan fingerprint density at radius 1 is 1.07 bits per heavy atom. The van der Waals surface area contributed by atoms with Gasteiger partial charge in [-0.1, -0.05) is 36.4 Å². The zero-order chi connectivity index (χ0) is 19.8. The second kappa shape index (κ2) is 10.3. The molecular formula is C23H28N2O2S. The summed E-state index contributed by atoms with van der Waals surface area (Å²) in [4.78, 5) is 3.48. The molecule has 0 saturated carbocycles. The zero-order valence-electron chi connectivity index (χ0n) is 16.5.